The Hall–Kier alpha value is -0.290. The van der Waals surface area contributed by atoms with Gasteiger partial charge in [-0.1, -0.05) is 6.42 Å². The van der Waals surface area contributed by atoms with Crippen LogP contribution >= 0.6 is 0 Å². The Kier molecular flexibility index (Phi) is 5.12. The Labute approximate surface area is 113 Å². The van der Waals surface area contributed by atoms with E-state index in [2.05, 4.69) is 17.3 Å². The number of piperidine rings is 1. The summed E-state index contributed by atoms with van der Waals surface area (Å²) in [5.74, 6) is -0.446. The zero-order chi connectivity index (χ0) is 13.9. The first-order valence-corrected chi connectivity index (χ1v) is 7.44. The molecule has 0 radical (unpaired) electrons. The topological polar surface area (TPSA) is 15.3 Å². The van der Waals surface area contributed by atoms with Gasteiger partial charge in [-0.25, -0.2) is 0 Å². The van der Waals surface area contributed by atoms with Crippen LogP contribution < -0.4 is 5.32 Å². The number of likely N-dealkylation sites (tertiary alicyclic amines) is 1. The normalized spacial score (nSPS) is 31.6. The van der Waals surface area contributed by atoms with Gasteiger partial charge in [-0.2, -0.15) is 13.2 Å². The summed E-state index contributed by atoms with van der Waals surface area (Å²) in [7, 11) is 2.12. The fraction of sp³-hybridized carbons (Fsp3) is 1.00. The van der Waals surface area contributed by atoms with Crippen LogP contribution in [0.5, 0.6) is 0 Å². The predicted octanol–water partition coefficient (Wildman–Crippen LogP) is 3.04. The number of alkyl halides is 3. The summed E-state index contributed by atoms with van der Waals surface area (Å²) in [5.41, 5.74) is 0. The molecule has 2 atom stereocenters. The van der Waals surface area contributed by atoms with Crippen LogP contribution in [0.25, 0.3) is 0 Å². The molecule has 19 heavy (non-hydrogen) atoms. The molecule has 5 heteroatoms. The van der Waals surface area contributed by atoms with Crippen molar-refractivity contribution in [3.8, 4) is 0 Å². The molecular weight excluding hydrogens is 253 g/mol. The summed E-state index contributed by atoms with van der Waals surface area (Å²) in [4.78, 5) is 2.32. The first-order valence-electron chi connectivity index (χ1n) is 7.44. The first-order chi connectivity index (χ1) is 8.95. The standard InChI is InChI=1S/C14H25F3N2/c1-19-7-5-11(6-8-19)10-18-13-4-2-3-12(9-13)14(15,16)17/h11-13,18H,2-10H2,1H3. The third-order valence-corrected chi connectivity index (χ3v) is 4.67. The maximum absolute atomic E-state index is 12.7. The van der Waals surface area contributed by atoms with Crippen molar-refractivity contribution in [3.05, 3.63) is 0 Å². The lowest BCUT2D eigenvalue weighted by atomic mass is 9.85. The van der Waals surface area contributed by atoms with Gasteiger partial charge in [0, 0.05) is 6.04 Å². The molecule has 2 aliphatic rings. The van der Waals surface area contributed by atoms with Crippen molar-refractivity contribution in [2.75, 3.05) is 26.7 Å². The Morgan fingerprint density at radius 1 is 1.11 bits per heavy atom. The molecule has 0 aromatic rings. The molecule has 2 nitrogen and oxygen atoms in total. The zero-order valence-electron chi connectivity index (χ0n) is 11.7. The van der Waals surface area contributed by atoms with E-state index in [1.165, 1.54) is 12.8 Å². The second-order valence-corrected chi connectivity index (χ2v) is 6.26. The Balaban J connectivity index is 1.71. The van der Waals surface area contributed by atoms with Crippen LogP contribution in [0, 0.1) is 11.8 Å². The van der Waals surface area contributed by atoms with Crippen LogP contribution in [0.1, 0.15) is 38.5 Å². The van der Waals surface area contributed by atoms with Gasteiger partial charge in [-0.15, -0.1) is 0 Å². The molecule has 1 saturated heterocycles. The fourth-order valence-corrected chi connectivity index (χ4v) is 3.27. The van der Waals surface area contributed by atoms with Gasteiger partial charge in [0.1, 0.15) is 0 Å². The van der Waals surface area contributed by atoms with Crippen LogP contribution in [-0.2, 0) is 0 Å². The van der Waals surface area contributed by atoms with Crippen molar-refractivity contribution in [3.63, 3.8) is 0 Å². The van der Waals surface area contributed by atoms with E-state index in [0.29, 0.717) is 18.8 Å². The minimum atomic E-state index is -4.01. The highest BCUT2D eigenvalue weighted by molar-refractivity contribution is 4.83. The van der Waals surface area contributed by atoms with E-state index >= 15 is 0 Å². The lowest BCUT2D eigenvalue weighted by Gasteiger charge is -2.34. The van der Waals surface area contributed by atoms with Gasteiger partial charge in [-0.05, 0) is 64.7 Å². The summed E-state index contributed by atoms with van der Waals surface area (Å²) in [5, 5.41) is 3.39. The molecule has 1 saturated carbocycles. The SMILES string of the molecule is CN1CCC(CNC2CCCC(C(F)(F)F)C2)CC1. The van der Waals surface area contributed by atoms with E-state index < -0.39 is 12.1 Å². The van der Waals surface area contributed by atoms with E-state index in [-0.39, 0.29) is 12.5 Å². The summed E-state index contributed by atoms with van der Waals surface area (Å²) in [6, 6.07) is 0.0695. The lowest BCUT2D eigenvalue weighted by molar-refractivity contribution is -0.183. The predicted molar refractivity (Wildman–Crippen MR) is 70.0 cm³/mol. The third kappa shape index (κ3) is 4.63. The molecule has 112 valence electrons. The minimum Gasteiger partial charge on any atom is -0.314 e. The number of rotatable bonds is 3. The van der Waals surface area contributed by atoms with Crippen molar-refractivity contribution in [2.45, 2.75) is 50.7 Å². The average Bonchev–Trinajstić information content (AvgIpc) is 2.37. The molecule has 1 aliphatic carbocycles. The fourth-order valence-electron chi connectivity index (χ4n) is 3.27. The quantitative estimate of drug-likeness (QED) is 0.853. The van der Waals surface area contributed by atoms with Crippen molar-refractivity contribution in [2.24, 2.45) is 11.8 Å². The van der Waals surface area contributed by atoms with Gasteiger partial charge in [-0.3, -0.25) is 0 Å². The van der Waals surface area contributed by atoms with Crippen LogP contribution in [0.3, 0.4) is 0 Å². The van der Waals surface area contributed by atoms with Gasteiger partial charge in [0.2, 0.25) is 0 Å². The van der Waals surface area contributed by atoms with Crippen molar-refractivity contribution in [1.29, 1.82) is 0 Å². The van der Waals surface area contributed by atoms with E-state index in [4.69, 9.17) is 0 Å². The van der Waals surface area contributed by atoms with Crippen LogP contribution in [-0.4, -0.2) is 43.8 Å². The van der Waals surface area contributed by atoms with E-state index in [1.807, 2.05) is 0 Å². The second-order valence-electron chi connectivity index (χ2n) is 6.26. The molecule has 1 N–H and O–H groups in total. The highest BCUT2D eigenvalue weighted by atomic mass is 19.4. The average molecular weight is 278 g/mol. The number of nitrogens with one attached hydrogen (secondary N) is 1. The van der Waals surface area contributed by atoms with Gasteiger partial charge >= 0.3 is 6.18 Å². The van der Waals surface area contributed by atoms with E-state index in [0.717, 1.165) is 26.1 Å². The Morgan fingerprint density at radius 2 is 1.79 bits per heavy atom. The molecule has 0 aromatic heterocycles. The first kappa shape index (κ1) is 15.1. The van der Waals surface area contributed by atoms with Crippen molar-refractivity contribution in [1.82, 2.24) is 10.2 Å². The highest BCUT2D eigenvalue weighted by Gasteiger charge is 2.42. The van der Waals surface area contributed by atoms with E-state index in [9.17, 15) is 13.2 Å². The monoisotopic (exact) mass is 278 g/mol. The van der Waals surface area contributed by atoms with Crippen LogP contribution in [0.2, 0.25) is 0 Å². The molecule has 0 aromatic carbocycles. The minimum absolute atomic E-state index is 0.0695. The van der Waals surface area contributed by atoms with Crippen molar-refractivity contribution < 1.29 is 13.2 Å². The summed E-state index contributed by atoms with van der Waals surface area (Å²) in [6.45, 7) is 3.12. The molecular formula is C14H25F3N2. The third-order valence-electron chi connectivity index (χ3n) is 4.67. The Morgan fingerprint density at radius 3 is 2.42 bits per heavy atom. The van der Waals surface area contributed by atoms with Crippen LogP contribution in [0.4, 0.5) is 13.2 Å². The van der Waals surface area contributed by atoms with Crippen LogP contribution in [0.15, 0.2) is 0 Å². The highest BCUT2D eigenvalue weighted by Crippen LogP contribution is 2.37. The number of halogens is 3. The summed E-state index contributed by atoms with van der Waals surface area (Å²) in [6.07, 6.45) is 0.520. The largest absolute Gasteiger partial charge is 0.391 e. The van der Waals surface area contributed by atoms with Crippen molar-refractivity contribution >= 4 is 0 Å². The molecule has 0 spiro atoms. The second kappa shape index (κ2) is 6.44. The molecule has 0 amide bonds. The number of hydrogen-bond acceptors (Lipinski definition) is 2. The maximum atomic E-state index is 12.7. The molecule has 2 rings (SSSR count). The molecule has 0 bridgehead atoms. The summed E-state index contributed by atoms with van der Waals surface area (Å²) >= 11 is 0. The molecule has 2 unspecified atom stereocenters. The number of hydrogen-bond donors (Lipinski definition) is 1. The van der Waals surface area contributed by atoms with Gasteiger partial charge in [0.25, 0.3) is 0 Å². The molecule has 1 heterocycles. The zero-order valence-corrected chi connectivity index (χ0v) is 11.7. The molecule has 1 aliphatic heterocycles. The molecule has 2 fully saturated rings. The lowest BCUT2D eigenvalue weighted by Crippen LogP contribution is -2.42. The summed E-state index contributed by atoms with van der Waals surface area (Å²) < 4.78 is 38.2. The Bertz CT molecular complexity index is 272. The van der Waals surface area contributed by atoms with E-state index in [1.54, 1.807) is 0 Å². The maximum Gasteiger partial charge on any atom is 0.391 e. The van der Waals surface area contributed by atoms with Gasteiger partial charge in [0.05, 0.1) is 5.92 Å². The van der Waals surface area contributed by atoms with Gasteiger partial charge in [0.15, 0.2) is 0 Å². The number of nitrogens with zero attached hydrogens (tertiary/aromatic N) is 1. The smallest absolute Gasteiger partial charge is 0.314 e. The van der Waals surface area contributed by atoms with Gasteiger partial charge < -0.3 is 10.2 Å².